The van der Waals surface area contributed by atoms with Gasteiger partial charge in [-0.05, 0) is 12.5 Å². The van der Waals surface area contributed by atoms with E-state index in [-0.39, 0.29) is 30.7 Å². The average Bonchev–Trinajstić information content (AvgIpc) is 2.26. The van der Waals surface area contributed by atoms with Crippen molar-refractivity contribution in [3.05, 3.63) is 35.9 Å². The summed E-state index contributed by atoms with van der Waals surface area (Å²) in [6.07, 6.45) is 0.244. The molecule has 0 heterocycles. The van der Waals surface area contributed by atoms with Crippen molar-refractivity contribution in [2.24, 2.45) is 5.92 Å². The van der Waals surface area contributed by atoms with E-state index in [2.05, 4.69) is 0 Å². The summed E-state index contributed by atoms with van der Waals surface area (Å²) in [4.78, 5) is 22.3. The van der Waals surface area contributed by atoms with Gasteiger partial charge in [-0.25, -0.2) is 0 Å². The minimum Gasteiger partial charge on any atom is -0.461 e. The van der Waals surface area contributed by atoms with Crippen molar-refractivity contribution < 1.29 is 14.3 Å². The second kappa shape index (κ2) is 6.05. The van der Waals surface area contributed by atoms with Gasteiger partial charge < -0.3 is 9.53 Å². The molecule has 0 fully saturated rings. The van der Waals surface area contributed by atoms with Gasteiger partial charge in [0.25, 0.3) is 0 Å². The van der Waals surface area contributed by atoms with E-state index in [1.807, 2.05) is 30.3 Å². The third kappa shape index (κ3) is 4.26. The van der Waals surface area contributed by atoms with Crippen LogP contribution in [0.25, 0.3) is 0 Å². The molecule has 1 aromatic rings. The number of benzene rings is 1. The third-order valence-electron chi connectivity index (χ3n) is 2.22. The van der Waals surface area contributed by atoms with Crippen molar-refractivity contribution in [2.45, 2.75) is 26.9 Å². The Morgan fingerprint density at radius 2 is 1.88 bits per heavy atom. The van der Waals surface area contributed by atoms with Crippen LogP contribution in [0.5, 0.6) is 0 Å². The summed E-state index contributed by atoms with van der Waals surface area (Å²) in [7, 11) is 0. The summed E-state index contributed by atoms with van der Waals surface area (Å²) in [6.45, 7) is 3.44. The van der Waals surface area contributed by atoms with Gasteiger partial charge in [0.05, 0.1) is 5.92 Å². The fourth-order valence-electron chi connectivity index (χ4n) is 1.39. The highest BCUT2D eigenvalue weighted by Crippen LogP contribution is 2.08. The van der Waals surface area contributed by atoms with Crippen LogP contribution in [-0.4, -0.2) is 11.8 Å². The molecule has 1 rings (SSSR count). The minimum absolute atomic E-state index is 0.00385. The van der Waals surface area contributed by atoms with Crippen LogP contribution in [0.4, 0.5) is 0 Å². The number of rotatable bonds is 5. The van der Waals surface area contributed by atoms with Crippen LogP contribution in [-0.2, 0) is 20.9 Å². The Balaban J connectivity index is 2.38. The molecule has 0 N–H and O–H groups in total. The van der Waals surface area contributed by atoms with E-state index in [1.54, 1.807) is 6.92 Å². The molecule has 0 aliphatic carbocycles. The summed E-state index contributed by atoms with van der Waals surface area (Å²) in [5.74, 6) is -0.676. The van der Waals surface area contributed by atoms with E-state index in [4.69, 9.17) is 4.74 Å². The number of Topliss-reactive ketones (excluding diaryl/α,β-unsaturated/α-hetero) is 1. The number of esters is 1. The first-order valence-electron chi connectivity index (χ1n) is 5.29. The van der Waals surface area contributed by atoms with Crippen molar-refractivity contribution in [1.82, 2.24) is 0 Å². The number of carbonyl (C=O) groups excluding carboxylic acids is 2. The maximum absolute atomic E-state index is 11.5. The first kappa shape index (κ1) is 12.4. The number of hydrogen-bond donors (Lipinski definition) is 0. The number of ether oxygens (including phenoxy) is 1. The molecule has 0 aliphatic rings. The Kier molecular flexibility index (Phi) is 4.70. The Morgan fingerprint density at radius 3 is 2.44 bits per heavy atom. The quantitative estimate of drug-likeness (QED) is 0.715. The van der Waals surface area contributed by atoms with E-state index in [0.29, 0.717) is 0 Å². The molecule has 0 aromatic heterocycles. The Hall–Kier alpha value is -1.64. The zero-order valence-electron chi connectivity index (χ0n) is 9.60. The second-order valence-electron chi connectivity index (χ2n) is 3.90. The number of carbonyl (C=O) groups is 2. The lowest BCUT2D eigenvalue weighted by atomic mass is 10.1. The highest BCUT2D eigenvalue weighted by atomic mass is 16.5. The highest BCUT2D eigenvalue weighted by molar-refractivity contribution is 5.82. The first-order valence-corrected chi connectivity index (χ1v) is 5.29. The van der Waals surface area contributed by atoms with Crippen molar-refractivity contribution >= 4 is 11.8 Å². The number of ketones is 1. The maximum Gasteiger partial charge on any atom is 0.309 e. The van der Waals surface area contributed by atoms with Crippen molar-refractivity contribution in [3.63, 3.8) is 0 Å². The van der Waals surface area contributed by atoms with E-state index in [1.165, 1.54) is 6.92 Å². The average molecular weight is 220 g/mol. The fourth-order valence-corrected chi connectivity index (χ4v) is 1.39. The molecule has 1 atom stereocenters. The summed E-state index contributed by atoms with van der Waals surface area (Å²) >= 11 is 0. The van der Waals surface area contributed by atoms with E-state index >= 15 is 0 Å². The summed E-state index contributed by atoms with van der Waals surface area (Å²) in [5, 5.41) is 0. The second-order valence-corrected chi connectivity index (χ2v) is 3.90. The summed E-state index contributed by atoms with van der Waals surface area (Å²) in [5.41, 5.74) is 0.950. The standard InChI is InChI=1S/C13H16O3/c1-10(8-11(2)14)13(15)16-9-12-6-4-3-5-7-12/h3-7,10H,8-9H2,1-2H3. The molecule has 0 bridgehead atoms. The predicted molar refractivity (Wildman–Crippen MR) is 60.7 cm³/mol. The van der Waals surface area contributed by atoms with Crippen LogP contribution in [0.1, 0.15) is 25.8 Å². The zero-order valence-corrected chi connectivity index (χ0v) is 9.60. The van der Waals surface area contributed by atoms with Crippen LogP contribution in [0.15, 0.2) is 30.3 Å². The third-order valence-corrected chi connectivity index (χ3v) is 2.22. The molecular formula is C13H16O3. The van der Waals surface area contributed by atoms with Crippen molar-refractivity contribution in [3.8, 4) is 0 Å². The van der Waals surface area contributed by atoms with Gasteiger partial charge in [0.2, 0.25) is 0 Å². The van der Waals surface area contributed by atoms with Crippen molar-refractivity contribution in [1.29, 1.82) is 0 Å². The maximum atomic E-state index is 11.5. The van der Waals surface area contributed by atoms with Crippen LogP contribution in [0.3, 0.4) is 0 Å². The molecule has 3 heteroatoms. The monoisotopic (exact) mass is 220 g/mol. The summed E-state index contributed by atoms with van der Waals surface area (Å²) in [6, 6.07) is 9.47. The van der Waals surface area contributed by atoms with Gasteiger partial charge in [0.15, 0.2) is 0 Å². The lowest BCUT2D eigenvalue weighted by Crippen LogP contribution is -2.17. The molecule has 0 aliphatic heterocycles. The van der Waals surface area contributed by atoms with Crippen LogP contribution < -0.4 is 0 Å². The lowest BCUT2D eigenvalue weighted by molar-refractivity contribution is -0.150. The molecule has 86 valence electrons. The van der Waals surface area contributed by atoms with Gasteiger partial charge in [0, 0.05) is 6.42 Å². The van der Waals surface area contributed by atoms with E-state index in [0.717, 1.165) is 5.56 Å². The molecular weight excluding hydrogens is 204 g/mol. The predicted octanol–water partition coefficient (Wildman–Crippen LogP) is 2.35. The Labute approximate surface area is 95.4 Å². The van der Waals surface area contributed by atoms with Crippen LogP contribution in [0.2, 0.25) is 0 Å². The van der Waals surface area contributed by atoms with Gasteiger partial charge in [-0.1, -0.05) is 37.3 Å². The normalized spacial score (nSPS) is 11.9. The zero-order chi connectivity index (χ0) is 12.0. The molecule has 0 spiro atoms. The molecule has 0 saturated heterocycles. The molecule has 1 aromatic carbocycles. The largest absolute Gasteiger partial charge is 0.461 e. The first-order chi connectivity index (χ1) is 7.59. The number of hydrogen-bond acceptors (Lipinski definition) is 3. The highest BCUT2D eigenvalue weighted by Gasteiger charge is 2.16. The lowest BCUT2D eigenvalue weighted by Gasteiger charge is -2.09. The Morgan fingerprint density at radius 1 is 1.25 bits per heavy atom. The van der Waals surface area contributed by atoms with Crippen LogP contribution in [0, 0.1) is 5.92 Å². The van der Waals surface area contributed by atoms with Gasteiger partial charge >= 0.3 is 5.97 Å². The smallest absolute Gasteiger partial charge is 0.309 e. The molecule has 0 saturated carbocycles. The van der Waals surface area contributed by atoms with Crippen molar-refractivity contribution in [2.75, 3.05) is 0 Å². The molecule has 16 heavy (non-hydrogen) atoms. The van der Waals surface area contributed by atoms with Gasteiger partial charge in [-0.3, -0.25) is 4.79 Å². The minimum atomic E-state index is -0.360. The van der Waals surface area contributed by atoms with Gasteiger partial charge in [-0.2, -0.15) is 0 Å². The Bertz CT molecular complexity index is 357. The fraction of sp³-hybridized carbons (Fsp3) is 0.385. The SMILES string of the molecule is CC(=O)CC(C)C(=O)OCc1ccccc1. The van der Waals surface area contributed by atoms with Crippen LogP contribution >= 0.6 is 0 Å². The summed E-state index contributed by atoms with van der Waals surface area (Å²) < 4.78 is 5.10. The molecule has 3 nitrogen and oxygen atoms in total. The van der Waals surface area contributed by atoms with E-state index < -0.39 is 0 Å². The van der Waals surface area contributed by atoms with Gasteiger partial charge in [0.1, 0.15) is 12.4 Å². The topological polar surface area (TPSA) is 43.4 Å². The van der Waals surface area contributed by atoms with E-state index in [9.17, 15) is 9.59 Å². The molecule has 0 amide bonds. The molecule has 1 unspecified atom stereocenters. The molecule has 0 radical (unpaired) electrons. The van der Waals surface area contributed by atoms with Gasteiger partial charge in [-0.15, -0.1) is 0 Å².